The van der Waals surface area contributed by atoms with E-state index in [-0.39, 0.29) is 42.1 Å². The fraction of sp³-hybridized carbons (Fsp3) is 0.581. The zero-order valence-electron chi connectivity index (χ0n) is 24.2. The molecule has 3 fully saturated rings. The molecule has 2 N–H and O–H groups in total. The fourth-order valence-electron chi connectivity index (χ4n) is 5.63. The number of carbonyl (C=O) groups is 3. The minimum atomic E-state index is -0.534. The maximum Gasteiger partial charge on any atom is 0.410 e. The second-order valence-electron chi connectivity index (χ2n) is 12.5. The largest absolute Gasteiger partial charge is 0.444 e. The molecule has 10 nitrogen and oxygen atoms in total. The second kappa shape index (κ2) is 12.1. The van der Waals surface area contributed by atoms with Gasteiger partial charge in [0.05, 0.1) is 11.7 Å². The van der Waals surface area contributed by atoms with Crippen LogP contribution in [0.5, 0.6) is 0 Å². The summed E-state index contributed by atoms with van der Waals surface area (Å²) in [5.74, 6) is 0.285. The molecule has 41 heavy (non-hydrogen) atoms. The number of rotatable bonds is 6. The van der Waals surface area contributed by atoms with E-state index in [1.165, 1.54) is 0 Å². The molecule has 2 heterocycles. The lowest BCUT2D eigenvalue weighted by atomic mass is 9.93. The molecule has 2 aliphatic carbocycles. The topological polar surface area (TPSA) is 125 Å². The zero-order valence-corrected chi connectivity index (χ0v) is 24.2. The van der Waals surface area contributed by atoms with Gasteiger partial charge in [-0.2, -0.15) is 0 Å². The molecule has 3 amide bonds. The third kappa shape index (κ3) is 7.41. The minimum absolute atomic E-state index is 0.0609. The molecule has 2 aromatic rings. The lowest BCUT2D eigenvalue weighted by Crippen LogP contribution is -2.50. The van der Waals surface area contributed by atoms with Crippen LogP contribution in [0, 0.1) is 0 Å². The van der Waals surface area contributed by atoms with Crippen molar-refractivity contribution in [2.45, 2.75) is 102 Å². The zero-order chi connectivity index (χ0) is 29.1. The number of nitrogens with zero attached hydrogens (tertiary/aromatic N) is 4. The van der Waals surface area contributed by atoms with Crippen LogP contribution in [0.1, 0.15) is 92.9 Å². The number of benzene rings is 1. The highest BCUT2D eigenvalue weighted by molar-refractivity contribution is 5.95. The van der Waals surface area contributed by atoms with Crippen LogP contribution in [-0.2, 0) is 4.74 Å². The van der Waals surface area contributed by atoms with Crippen molar-refractivity contribution in [3.8, 4) is 11.4 Å². The summed E-state index contributed by atoms with van der Waals surface area (Å²) in [5.41, 5.74) is 1.23. The molecule has 5 rings (SSSR count). The summed E-state index contributed by atoms with van der Waals surface area (Å²) in [7, 11) is 0. The van der Waals surface area contributed by atoms with Gasteiger partial charge in [0, 0.05) is 54.7 Å². The van der Waals surface area contributed by atoms with Gasteiger partial charge in [0.2, 0.25) is 0 Å². The number of hydrogen-bond acceptors (Lipinski definition) is 7. The Morgan fingerprint density at radius 2 is 1.46 bits per heavy atom. The third-order valence-corrected chi connectivity index (χ3v) is 8.02. The normalized spacial score (nSPS) is 21.7. The van der Waals surface area contributed by atoms with Gasteiger partial charge in [-0.15, -0.1) is 0 Å². The number of piperidine rings is 1. The van der Waals surface area contributed by atoms with E-state index in [2.05, 4.69) is 15.3 Å². The average molecular weight is 564 g/mol. The summed E-state index contributed by atoms with van der Waals surface area (Å²) in [6, 6.07) is 7.50. The Hall–Kier alpha value is -3.53. The van der Waals surface area contributed by atoms with Gasteiger partial charge in [0.15, 0.2) is 5.82 Å². The van der Waals surface area contributed by atoms with E-state index < -0.39 is 5.60 Å². The van der Waals surface area contributed by atoms with E-state index in [4.69, 9.17) is 4.74 Å². The molecule has 2 saturated carbocycles. The summed E-state index contributed by atoms with van der Waals surface area (Å²) in [4.78, 5) is 51.3. The number of aromatic nitrogens is 2. The molecule has 1 aliphatic heterocycles. The highest BCUT2D eigenvalue weighted by atomic mass is 16.6. The maximum absolute atomic E-state index is 13.6. The number of aliphatic hydroxyl groups excluding tert-OH is 1. The average Bonchev–Trinajstić information content (AvgIpc) is 3.79. The molecule has 1 saturated heterocycles. The van der Waals surface area contributed by atoms with Crippen LogP contribution in [0.3, 0.4) is 0 Å². The standard InChI is InChI=1S/C31H41N5O5/c1-31(2,3)41-30(40)35-16-14-25(15-17-35)36(24-10-11-24)29(39)22-18-32-27(33-19-22)20-4-6-21(7-5-20)28(38)34-23-8-12-26(37)13-9-23/h4-7,18-19,23-26,37H,8-17H2,1-3H3,(H,34,38). The Labute approximate surface area is 241 Å². The summed E-state index contributed by atoms with van der Waals surface area (Å²) < 4.78 is 5.51. The van der Waals surface area contributed by atoms with Gasteiger partial charge in [-0.3, -0.25) is 9.59 Å². The lowest BCUT2D eigenvalue weighted by molar-refractivity contribution is 0.0142. The molecule has 1 aromatic carbocycles. The second-order valence-corrected chi connectivity index (χ2v) is 12.5. The lowest BCUT2D eigenvalue weighted by Gasteiger charge is -2.39. The first-order valence-corrected chi connectivity index (χ1v) is 14.8. The number of ether oxygens (including phenoxy) is 1. The number of nitrogens with one attached hydrogen (secondary N) is 1. The van der Waals surface area contributed by atoms with Gasteiger partial charge in [0.1, 0.15) is 5.60 Å². The van der Waals surface area contributed by atoms with Crippen molar-refractivity contribution >= 4 is 17.9 Å². The Balaban J connectivity index is 1.18. The molecule has 0 radical (unpaired) electrons. The third-order valence-electron chi connectivity index (χ3n) is 8.02. The van der Waals surface area contributed by atoms with Crippen LogP contribution < -0.4 is 5.32 Å². The van der Waals surface area contributed by atoms with Crippen LogP contribution in [-0.4, -0.2) is 85.7 Å². The van der Waals surface area contributed by atoms with Gasteiger partial charge in [0.25, 0.3) is 11.8 Å². The van der Waals surface area contributed by atoms with Gasteiger partial charge in [-0.25, -0.2) is 14.8 Å². The van der Waals surface area contributed by atoms with E-state index in [0.29, 0.717) is 55.7 Å². The summed E-state index contributed by atoms with van der Waals surface area (Å²) in [6.45, 7) is 6.70. The molecule has 3 aliphatic rings. The quantitative estimate of drug-likeness (QED) is 0.540. The van der Waals surface area contributed by atoms with E-state index in [1.54, 1.807) is 29.4 Å². The SMILES string of the molecule is CC(C)(C)OC(=O)N1CCC(N(C(=O)c2cnc(-c3ccc(C(=O)NC4CCC(O)CC4)cc3)nc2)C2CC2)CC1. The number of likely N-dealkylation sites (tertiary alicyclic amines) is 1. The highest BCUT2D eigenvalue weighted by Crippen LogP contribution is 2.33. The molecule has 0 atom stereocenters. The summed E-state index contributed by atoms with van der Waals surface area (Å²) in [6.07, 6.45) is 8.98. The molecule has 10 heteroatoms. The van der Waals surface area contributed by atoms with Gasteiger partial charge < -0.3 is 25.0 Å². The number of hydrogen-bond donors (Lipinski definition) is 2. The fourth-order valence-corrected chi connectivity index (χ4v) is 5.63. The van der Waals surface area contributed by atoms with Crippen LogP contribution in [0.15, 0.2) is 36.7 Å². The van der Waals surface area contributed by atoms with Crippen LogP contribution in [0.2, 0.25) is 0 Å². The number of aliphatic hydroxyl groups is 1. The van der Waals surface area contributed by atoms with E-state index >= 15 is 0 Å². The molecule has 0 unspecified atom stereocenters. The first kappa shape index (κ1) is 29.0. The van der Waals surface area contributed by atoms with E-state index in [9.17, 15) is 19.5 Å². The van der Waals surface area contributed by atoms with Crippen molar-refractivity contribution in [1.29, 1.82) is 0 Å². The van der Waals surface area contributed by atoms with Gasteiger partial charge in [-0.1, -0.05) is 12.1 Å². The smallest absolute Gasteiger partial charge is 0.410 e. The molecule has 0 bridgehead atoms. The van der Waals surface area contributed by atoms with Crippen molar-refractivity contribution in [1.82, 2.24) is 25.1 Å². The number of amides is 3. The molecular weight excluding hydrogens is 522 g/mol. The Morgan fingerprint density at radius 3 is 2.02 bits per heavy atom. The van der Waals surface area contributed by atoms with Crippen molar-refractivity contribution in [3.63, 3.8) is 0 Å². The molecule has 220 valence electrons. The monoisotopic (exact) mass is 563 g/mol. The Kier molecular flexibility index (Phi) is 8.58. The Morgan fingerprint density at radius 1 is 0.878 bits per heavy atom. The van der Waals surface area contributed by atoms with Crippen LogP contribution >= 0.6 is 0 Å². The minimum Gasteiger partial charge on any atom is -0.444 e. The molecule has 1 aromatic heterocycles. The van der Waals surface area contributed by atoms with Crippen LogP contribution in [0.4, 0.5) is 4.79 Å². The van der Waals surface area contributed by atoms with Crippen molar-refractivity contribution < 1.29 is 24.2 Å². The summed E-state index contributed by atoms with van der Waals surface area (Å²) in [5, 5.41) is 12.7. The van der Waals surface area contributed by atoms with Gasteiger partial charge >= 0.3 is 6.09 Å². The first-order chi connectivity index (χ1) is 19.6. The van der Waals surface area contributed by atoms with E-state index in [0.717, 1.165) is 31.2 Å². The van der Waals surface area contributed by atoms with Crippen molar-refractivity contribution in [2.24, 2.45) is 0 Å². The van der Waals surface area contributed by atoms with Crippen molar-refractivity contribution in [2.75, 3.05) is 13.1 Å². The predicted molar refractivity (Wildman–Crippen MR) is 153 cm³/mol. The van der Waals surface area contributed by atoms with E-state index in [1.807, 2.05) is 37.8 Å². The highest BCUT2D eigenvalue weighted by Gasteiger charge is 2.40. The Bertz CT molecular complexity index is 1220. The maximum atomic E-state index is 13.6. The van der Waals surface area contributed by atoms with Crippen molar-refractivity contribution in [3.05, 3.63) is 47.8 Å². The van der Waals surface area contributed by atoms with Crippen LogP contribution in [0.25, 0.3) is 11.4 Å². The first-order valence-electron chi connectivity index (χ1n) is 14.8. The molecular formula is C31H41N5O5. The molecule has 0 spiro atoms. The predicted octanol–water partition coefficient (Wildman–Crippen LogP) is 4.18. The number of carbonyl (C=O) groups excluding carboxylic acids is 3. The summed E-state index contributed by atoms with van der Waals surface area (Å²) >= 11 is 0. The van der Waals surface area contributed by atoms with Gasteiger partial charge in [-0.05, 0) is 84.3 Å².